The zero-order valence-electron chi connectivity index (χ0n) is 15.4. The highest BCUT2D eigenvalue weighted by molar-refractivity contribution is 6.09. The van der Waals surface area contributed by atoms with Crippen LogP contribution in [-0.4, -0.2) is 21.7 Å². The fraction of sp³-hybridized carbons (Fsp3) is 0.273. The van der Waals surface area contributed by atoms with Gasteiger partial charge in [-0.1, -0.05) is 62.4 Å². The Hall–Kier alpha value is -2.95. The first kappa shape index (κ1) is 18.8. The molecule has 0 radical (unpaired) electrons. The van der Waals surface area contributed by atoms with Crippen LogP contribution in [0.2, 0.25) is 0 Å². The fourth-order valence-electron chi connectivity index (χ4n) is 3.38. The van der Waals surface area contributed by atoms with Gasteiger partial charge in [0.1, 0.15) is 5.82 Å². The van der Waals surface area contributed by atoms with E-state index in [1.165, 1.54) is 11.0 Å². The number of aliphatic hydroxyl groups excluding tert-OH is 1. The van der Waals surface area contributed by atoms with Crippen molar-refractivity contribution >= 4 is 11.7 Å². The van der Waals surface area contributed by atoms with Crippen molar-refractivity contribution in [1.29, 1.82) is 0 Å². The fourth-order valence-corrected chi connectivity index (χ4v) is 3.38. The number of carbonyl (C=O) groups is 2. The number of halogens is 1. The molecule has 3 rings (SSSR count). The Kier molecular flexibility index (Phi) is 5.40. The molecule has 0 saturated carbocycles. The summed E-state index contributed by atoms with van der Waals surface area (Å²) in [7, 11) is 0. The molecule has 5 heteroatoms. The Morgan fingerprint density at radius 2 is 1.74 bits per heavy atom. The maximum atomic E-state index is 14.6. The molecule has 0 unspecified atom stereocenters. The second kappa shape index (κ2) is 7.74. The first-order valence-electron chi connectivity index (χ1n) is 8.95. The summed E-state index contributed by atoms with van der Waals surface area (Å²) < 4.78 is 14.6. The molecule has 1 amide bonds. The van der Waals surface area contributed by atoms with Crippen molar-refractivity contribution in [3.63, 3.8) is 0 Å². The van der Waals surface area contributed by atoms with Crippen molar-refractivity contribution in [3.8, 4) is 0 Å². The normalized spacial score (nSPS) is 17.1. The Bertz CT molecular complexity index is 889. The van der Waals surface area contributed by atoms with Crippen LogP contribution in [0.3, 0.4) is 0 Å². The molecule has 2 aromatic carbocycles. The zero-order chi connectivity index (χ0) is 19.6. The van der Waals surface area contributed by atoms with Crippen molar-refractivity contribution in [3.05, 3.63) is 82.9 Å². The predicted molar refractivity (Wildman–Crippen MR) is 100 cm³/mol. The summed E-state index contributed by atoms with van der Waals surface area (Å²) in [5, 5.41) is 10.5. The van der Waals surface area contributed by atoms with Gasteiger partial charge in [-0.15, -0.1) is 0 Å². The van der Waals surface area contributed by atoms with E-state index in [0.717, 1.165) is 5.56 Å². The Labute approximate surface area is 157 Å². The first-order valence-corrected chi connectivity index (χ1v) is 8.95. The lowest BCUT2D eigenvalue weighted by Crippen LogP contribution is -2.31. The van der Waals surface area contributed by atoms with E-state index in [2.05, 4.69) is 0 Å². The van der Waals surface area contributed by atoms with E-state index < -0.39 is 23.5 Å². The Balaban J connectivity index is 2.07. The number of nitrogens with zero attached hydrogens (tertiary/aromatic N) is 1. The molecule has 2 aromatic rings. The first-order chi connectivity index (χ1) is 12.9. The minimum Gasteiger partial charge on any atom is -0.503 e. The van der Waals surface area contributed by atoms with Crippen molar-refractivity contribution in [2.75, 3.05) is 0 Å². The third-order valence-electron chi connectivity index (χ3n) is 4.59. The van der Waals surface area contributed by atoms with E-state index in [4.69, 9.17) is 0 Å². The molecule has 0 bridgehead atoms. The second-order valence-electron chi connectivity index (χ2n) is 7.13. The van der Waals surface area contributed by atoms with Crippen molar-refractivity contribution < 1.29 is 19.1 Å². The van der Waals surface area contributed by atoms with Gasteiger partial charge in [-0.25, -0.2) is 4.39 Å². The number of hydrogen-bond donors (Lipinski definition) is 1. The van der Waals surface area contributed by atoms with Gasteiger partial charge in [-0.3, -0.25) is 9.59 Å². The molecule has 1 N–H and O–H groups in total. The maximum absolute atomic E-state index is 14.6. The number of benzene rings is 2. The number of Topliss-reactive ketones (excluding diaryl/α,β-unsaturated/α-hetero) is 1. The van der Waals surface area contributed by atoms with Gasteiger partial charge >= 0.3 is 0 Å². The largest absolute Gasteiger partial charge is 0.503 e. The van der Waals surface area contributed by atoms with Crippen LogP contribution in [0.25, 0.3) is 0 Å². The van der Waals surface area contributed by atoms with Crippen LogP contribution in [0.4, 0.5) is 4.39 Å². The summed E-state index contributed by atoms with van der Waals surface area (Å²) in [6, 6.07) is 14.3. The van der Waals surface area contributed by atoms with E-state index in [0.29, 0.717) is 0 Å². The van der Waals surface area contributed by atoms with Crippen molar-refractivity contribution in [2.45, 2.75) is 32.9 Å². The molecule has 27 heavy (non-hydrogen) atoms. The van der Waals surface area contributed by atoms with Crippen molar-refractivity contribution in [2.24, 2.45) is 5.92 Å². The van der Waals surface area contributed by atoms with Crippen LogP contribution in [0.1, 0.15) is 37.4 Å². The smallest absolute Gasteiger partial charge is 0.290 e. The number of hydrogen-bond acceptors (Lipinski definition) is 3. The maximum Gasteiger partial charge on any atom is 0.290 e. The van der Waals surface area contributed by atoms with Gasteiger partial charge in [-0.2, -0.15) is 0 Å². The van der Waals surface area contributed by atoms with Gasteiger partial charge in [-0.05, 0) is 17.5 Å². The number of rotatable bonds is 6. The Morgan fingerprint density at radius 3 is 2.37 bits per heavy atom. The number of carbonyl (C=O) groups excluding carboxylic acids is 2. The van der Waals surface area contributed by atoms with Gasteiger partial charge in [0.2, 0.25) is 0 Å². The Morgan fingerprint density at radius 1 is 1.11 bits per heavy atom. The third-order valence-corrected chi connectivity index (χ3v) is 4.59. The van der Waals surface area contributed by atoms with Crippen LogP contribution in [-0.2, 0) is 16.1 Å². The lowest BCUT2D eigenvalue weighted by atomic mass is 9.92. The van der Waals surface area contributed by atoms with Crippen LogP contribution in [0.5, 0.6) is 0 Å². The zero-order valence-corrected chi connectivity index (χ0v) is 15.4. The van der Waals surface area contributed by atoms with Gasteiger partial charge in [0.25, 0.3) is 5.91 Å². The molecule has 1 heterocycles. The van der Waals surface area contributed by atoms with Crippen LogP contribution >= 0.6 is 0 Å². The topological polar surface area (TPSA) is 57.6 Å². The lowest BCUT2D eigenvalue weighted by Gasteiger charge is -2.27. The second-order valence-corrected chi connectivity index (χ2v) is 7.13. The van der Waals surface area contributed by atoms with Crippen LogP contribution in [0, 0.1) is 11.7 Å². The monoisotopic (exact) mass is 367 g/mol. The molecule has 140 valence electrons. The summed E-state index contributed by atoms with van der Waals surface area (Å²) >= 11 is 0. The molecule has 4 nitrogen and oxygen atoms in total. The third kappa shape index (κ3) is 3.77. The van der Waals surface area contributed by atoms with Crippen molar-refractivity contribution in [1.82, 2.24) is 4.90 Å². The minimum absolute atomic E-state index is 0.0188. The summed E-state index contributed by atoms with van der Waals surface area (Å²) in [4.78, 5) is 26.9. The van der Waals surface area contributed by atoms with Gasteiger partial charge in [0, 0.05) is 18.5 Å². The molecular weight excluding hydrogens is 345 g/mol. The summed E-state index contributed by atoms with van der Waals surface area (Å²) in [5.74, 6) is -2.03. The number of aliphatic hydroxyl groups is 1. The van der Waals surface area contributed by atoms with Gasteiger partial charge < -0.3 is 10.0 Å². The average molecular weight is 367 g/mol. The highest BCUT2D eigenvalue weighted by Crippen LogP contribution is 2.40. The summed E-state index contributed by atoms with van der Waals surface area (Å²) in [6.45, 7) is 3.93. The predicted octanol–water partition coefficient (Wildman–Crippen LogP) is 4.34. The van der Waals surface area contributed by atoms with E-state index >= 15 is 0 Å². The van der Waals surface area contributed by atoms with E-state index in [9.17, 15) is 19.1 Å². The van der Waals surface area contributed by atoms with Gasteiger partial charge in [0.15, 0.2) is 11.5 Å². The van der Waals surface area contributed by atoms with Gasteiger partial charge in [0.05, 0.1) is 11.6 Å². The van der Waals surface area contributed by atoms with E-state index in [1.807, 2.05) is 44.2 Å². The number of amides is 1. The molecular formula is C22H22FNO3. The quantitative estimate of drug-likeness (QED) is 0.826. The number of ketones is 1. The van der Waals surface area contributed by atoms with E-state index in [-0.39, 0.29) is 35.8 Å². The SMILES string of the molecule is CC(C)CC(=O)C1=C(O)C(=O)N(Cc2ccccc2)[C@@H]1c1ccccc1F. The molecule has 0 aromatic heterocycles. The molecule has 0 spiro atoms. The molecule has 1 aliphatic rings. The molecule has 1 aliphatic heterocycles. The molecule has 0 saturated heterocycles. The van der Waals surface area contributed by atoms with E-state index in [1.54, 1.807) is 18.2 Å². The standard InChI is InChI=1S/C22H22FNO3/c1-14(2)12-18(25)19-20(16-10-6-7-11-17(16)23)24(22(27)21(19)26)13-15-8-4-3-5-9-15/h3-11,14,20,26H,12-13H2,1-2H3/t20-/m1/s1. The average Bonchev–Trinajstić information content (AvgIpc) is 2.87. The minimum atomic E-state index is -0.940. The molecule has 1 atom stereocenters. The highest BCUT2D eigenvalue weighted by Gasteiger charge is 2.44. The lowest BCUT2D eigenvalue weighted by molar-refractivity contribution is -0.130. The highest BCUT2D eigenvalue weighted by atomic mass is 19.1. The summed E-state index contributed by atoms with van der Waals surface area (Å²) in [5.41, 5.74) is 1.02. The summed E-state index contributed by atoms with van der Waals surface area (Å²) in [6.07, 6.45) is 0.177. The molecule has 0 fully saturated rings. The molecule has 0 aliphatic carbocycles. The van der Waals surface area contributed by atoms with Crippen LogP contribution < -0.4 is 0 Å². The van der Waals surface area contributed by atoms with Crippen LogP contribution in [0.15, 0.2) is 65.9 Å².